The van der Waals surface area contributed by atoms with E-state index in [-0.39, 0.29) is 23.3 Å². The maximum absolute atomic E-state index is 13.0. The van der Waals surface area contributed by atoms with E-state index in [4.69, 9.17) is 4.74 Å². The highest BCUT2D eigenvalue weighted by molar-refractivity contribution is 7.92. The zero-order chi connectivity index (χ0) is 22.4. The van der Waals surface area contributed by atoms with E-state index in [0.29, 0.717) is 11.4 Å². The number of rotatable bonds is 4. The fourth-order valence-electron chi connectivity index (χ4n) is 3.95. The van der Waals surface area contributed by atoms with Crippen molar-refractivity contribution in [2.75, 3.05) is 17.1 Å². The molecule has 2 rings (SSSR count). The molecule has 1 aliphatic rings. The summed E-state index contributed by atoms with van der Waals surface area (Å²) in [5.74, 6) is 0.0990. The molecule has 1 atom stereocenters. The smallest absolute Gasteiger partial charge is 0.263 e. The number of nitrogens with one attached hydrogen (secondary N) is 1. The van der Waals surface area contributed by atoms with Crippen LogP contribution in [0.15, 0.2) is 18.2 Å². The summed E-state index contributed by atoms with van der Waals surface area (Å²) >= 11 is 0. The summed E-state index contributed by atoms with van der Waals surface area (Å²) in [4.78, 5) is 13.0. The molecule has 1 N–H and O–H groups in total. The molecule has 0 bridgehead atoms. The molecule has 0 aliphatic carbocycles. The summed E-state index contributed by atoms with van der Waals surface area (Å²) in [7, 11) is -3.57. The Morgan fingerprint density at radius 3 is 2.21 bits per heavy atom. The van der Waals surface area contributed by atoms with Crippen LogP contribution >= 0.6 is 0 Å². The molecule has 0 spiro atoms. The Hall–Kier alpha value is -1.76. The molecule has 0 saturated carbocycles. The van der Waals surface area contributed by atoms with Crippen LogP contribution in [-0.2, 0) is 20.2 Å². The Bertz CT molecular complexity index is 877. The number of carbonyl (C=O) groups is 1. The van der Waals surface area contributed by atoms with E-state index in [1.807, 2.05) is 26.0 Å². The number of carbonyl (C=O) groups excluding carboxylic acids is 1. The van der Waals surface area contributed by atoms with Crippen molar-refractivity contribution in [3.63, 3.8) is 0 Å². The molecule has 0 radical (unpaired) electrons. The average molecular weight is 425 g/mol. The van der Waals surface area contributed by atoms with Crippen LogP contribution in [0.2, 0.25) is 0 Å². The lowest BCUT2D eigenvalue weighted by molar-refractivity contribution is -0.129. The summed E-state index contributed by atoms with van der Waals surface area (Å²) in [5.41, 5.74) is 0.952. The molecule has 0 fully saturated rings. The fourth-order valence-corrected chi connectivity index (χ4v) is 4.86. The van der Waals surface area contributed by atoms with Gasteiger partial charge in [-0.05, 0) is 48.8 Å². The van der Waals surface area contributed by atoms with Gasteiger partial charge in [-0.3, -0.25) is 9.10 Å². The molecule has 1 aromatic rings. The molecule has 164 valence electrons. The lowest BCUT2D eigenvalue weighted by Crippen LogP contribution is -2.55. The normalized spacial score (nSPS) is 18.1. The van der Waals surface area contributed by atoms with Gasteiger partial charge in [0.25, 0.3) is 5.91 Å². The molecule has 0 aromatic heterocycles. The summed E-state index contributed by atoms with van der Waals surface area (Å²) < 4.78 is 32.2. The Labute approximate surface area is 176 Å². The highest BCUT2D eigenvalue weighted by atomic mass is 32.2. The molecule has 29 heavy (non-hydrogen) atoms. The second-order valence-electron chi connectivity index (χ2n) is 10.9. The minimum atomic E-state index is -3.57. The molecule has 1 heterocycles. The molecule has 6 nitrogen and oxygen atoms in total. The van der Waals surface area contributed by atoms with Crippen molar-refractivity contribution in [3.05, 3.63) is 23.8 Å². The zero-order valence-electron chi connectivity index (χ0n) is 19.2. The van der Waals surface area contributed by atoms with Crippen LogP contribution < -0.4 is 14.4 Å². The monoisotopic (exact) mass is 424 g/mol. The van der Waals surface area contributed by atoms with Gasteiger partial charge in [-0.1, -0.05) is 47.6 Å². The lowest BCUT2D eigenvalue weighted by Gasteiger charge is -2.38. The van der Waals surface area contributed by atoms with Crippen LogP contribution in [-0.4, -0.2) is 38.8 Å². The predicted molar refractivity (Wildman–Crippen MR) is 118 cm³/mol. The highest BCUT2D eigenvalue weighted by Crippen LogP contribution is 2.38. The second kappa shape index (κ2) is 7.49. The van der Waals surface area contributed by atoms with Crippen molar-refractivity contribution in [2.24, 2.45) is 5.41 Å². The van der Waals surface area contributed by atoms with E-state index in [9.17, 15) is 13.2 Å². The van der Waals surface area contributed by atoms with Crippen LogP contribution in [0, 0.1) is 5.41 Å². The number of nitrogens with zero attached hydrogens (tertiary/aromatic N) is 1. The van der Waals surface area contributed by atoms with Crippen LogP contribution in [0.25, 0.3) is 0 Å². The van der Waals surface area contributed by atoms with E-state index in [1.54, 1.807) is 6.07 Å². The molecule has 1 amide bonds. The summed E-state index contributed by atoms with van der Waals surface area (Å²) in [6, 6.07) is 5.52. The topological polar surface area (TPSA) is 75.7 Å². The van der Waals surface area contributed by atoms with Crippen molar-refractivity contribution < 1.29 is 17.9 Å². The third-order valence-corrected chi connectivity index (χ3v) is 5.97. The van der Waals surface area contributed by atoms with E-state index < -0.39 is 21.7 Å². The molecule has 1 aliphatic heterocycles. The predicted octanol–water partition coefficient (Wildman–Crippen LogP) is 3.84. The van der Waals surface area contributed by atoms with E-state index >= 15 is 0 Å². The van der Waals surface area contributed by atoms with E-state index in [1.165, 1.54) is 4.31 Å². The number of benzene rings is 1. The maximum atomic E-state index is 13.0. The first-order chi connectivity index (χ1) is 12.9. The standard InChI is InChI=1S/C22H36N2O4S/c1-20(2,3)14-22(7,8)23-19(25)18-13-24(29(9,26)27)16-12-15(21(4,5)6)10-11-17(16)28-18/h10-12,18H,13-14H2,1-9H3,(H,23,25)/t18-/m0/s1. The number of fused-ring (bicyclic) bond motifs is 1. The molecule has 0 saturated heterocycles. The minimum absolute atomic E-state index is 0.0406. The summed E-state index contributed by atoms with van der Waals surface area (Å²) in [5, 5.41) is 3.04. The van der Waals surface area contributed by atoms with Crippen molar-refractivity contribution >= 4 is 21.6 Å². The van der Waals surface area contributed by atoms with Gasteiger partial charge in [0, 0.05) is 5.54 Å². The van der Waals surface area contributed by atoms with Crippen molar-refractivity contribution in [3.8, 4) is 5.75 Å². The third-order valence-electron chi connectivity index (χ3n) is 4.82. The lowest BCUT2D eigenvalue weighted by atomic mass is 9.81. The number of ether oxygens (including phenoxy) is 1. The van der Waals surface area contributed by atoms with Gasteiger partial charge in [0.05, 0.1) is 18.5 Å². The zero-order valence-corrected chi connectivity index (χ0v) is 20.0. The SMILES string of the molecule is CC(C)(C)CC(C)(C)NC(=O)[C@@H]1CN(S(C)(=O)=O)c2cc(C(C)(C)C)ccc2O1. The van der Waals surface area contributed by atoms with Gasteiger partial charge in [-0.25, -0.2) is 8.42 Å². The number of sulfonamides is 1. The quantitative estimate of drug-likeness (QED) is 0.797. The number of hydrogen-bond donors (Lipinski definition) is 1. The number of anilines is 1. The molecular weight excluding hydrogens is 388 g/mol. The summed E-state index contributed by atoms with van der Waals surface area (Å²) in [6.45, 7) is 16.4. The average Bonchev–Trinajstić information content (AvgIpc) is 2.48. The third kappa shape index (κ3) is 6.11. The first-order valence-electron chi connectivity index (χ1n) is 10.0. The van der Waals surface area contributed by atoms with Crippen molar-refractivity contribution in [1.29, 1.82) is 0 Å². The second-order valence-corrected chi connectivity index (χ2v) is 12.9. The molecular formula is C22H36N2O4S. The van der Waals surface area contributed by atoms with Gasteiger partial charge < -0.3 is 10.1 Å². The molecule has 0 unspecified atom stereocenters. The van der Waals surface area contributed by atoms with Crippen LogP contribution in [0.5, 0.6) is 5.75 Å². The summed E-state index contributed by atoms with van der Waals surface area (Å²) in [6.07, 6.45) is 1.03. The Morgan fingerprint density at radius 2 is 1.72 bits per heavy atom. The first kappa shape index (κ1) is 23.5. The Kier molecular flexibility index (Phi) is 6.07. The van der Waals surface area contributed by atoms with Gasteiger partial charge >= 0.3 is 0 Å². The Balaban J connectivity index is 2.34. The van der Waals surface area contributed by atoms with E-state index in [0.717, 1.165) is 18.2 Å². The van der Waals surface area contributed by atoms with Crippen molar-refractivity contribution in [2.45, 2.75) is 78.9 Å². The van der Waals surface area contributed by atoms with Gasteiger partial charge in [0.15, 0.2) is 6.10 Å². The van der Waals surface area contributed by atoms with Crippen LogP contribution in [0.3, 0.4) is 0 Å². The Morgan fingerprint density at radius 1 is 1.14 bits per heavy atom. The van der Waals surface area contributed by atoms with Crippen molar-refractivity contribution in [1.82, 2.24) is 5.32 Å². The highest BCUT2D eigenvalue weighted by Gasteiger charge is 2.38. The molecule has 1 aromatic carbocycles. The van der Waals surface area contributed by atoms with Crippen LogP contribution in [0.1, 0.15) is 67.4 Å². The molecule has 7 heteroatoms. The fraction of sp³-hybridized carbons (Fsp3) is 0.682. The number of hydrogen-bond acceptors (Lipinski definition) is 4. The minimum Gasteiger partial charge on any atom is -0.476 e. The first-order valence-corrected chi connectivity index (χ1v) is 11.8. The van der Waals surface area contributed by atoms with Gasteiger partial charge in [0.1, 0.15) is 5.75 Å². The number of amides is 1. The van der Waals surface area contributed by atoms with E-state index in [2.05, 4.69) is 46.9 Å². The van der Waals surface area contributed by atoms with Crippen LogP contribution in [0.4, 0.5) is 5.69 Å². The van der Waals surface area contributed by atoms with Gasteiger partial charge in [-0.2, -0.15) is 0 Å². The van der Waals surface area contributed by atoms with Gasteiger partial charge in [0.2, 0.25) is 10.0 Å². The largest absolute Gasteiger partial charge is 0.476 e. The maximum Gasteiger partial charge on any atom is 0.263 e. The van der Waals surface area contributed by atoms with Gasteiger partial charge in [-0.15, -0.1) is 0 Å².